The summed E-state index contributed by atoms with van der Waals surface area (Å²) in [5.74, 6) is -0.173. The van der Waals surface area contributed by atoms with E-state index in [0.29, 0.717) is 12.3 Å². The van der Waals surface area contributed by atoms with Crippen LogP contribution in [0.1, 0.15) is 37.3 Å². The summed E-state index contributed by atoms with van der Waals surface area (Å²) in [4.78, 5) is 10.3. The second-order valence-electron chi connectivity index (χ2n) is 4.32. The molecule has 0 aliphatic carbocycles. The van der Waals surface area contributed by atoms with Crippen molar-refractivity contribution < 1.29 is 15.0 Å². The first-order valence-electron chi connectivity index (χ1n) is 5.69. The molecule has 0 spiro atoms. The van der Waals surface area contributed by atoms with Gasteiger partial charge in [-0.1, -0.05) is 38.1 Å². The largest absolute Gasteiger partial charge is 0.508 e. The van der Waals surface area contributed by atoms with Gasteiger partial charge in [-0.05, 0) is 29.5 Å². The number of allylic oxidation sites excluding steroid dienone is 1. The fourth-order valence-corrected chi connectivity index (χ4v) is 1.52. The van der Waals surface area contributed by atoms with Gasteiger partial charge in [-0.2, -0.15) is 0 Å². The van der Waals surface area contributed by atoms with E-state index in [4.69, 9.17) is 5.11 Å². The van der Waals surface area contributed by atoms with Crippen molar-refractivity contribution in [3.8, 4) is 5.75 Å². The van der Waals surface area contributed by atoms with Crippen LogP contribution in [-0.4, -0.2) is 16.2 Å². The second-order valence-corrected chi connectivity index (χ2v) is 4.32. The summed E-state index contributed by atoms with van der Waals surface area (Å²) in [5, 5.41) is 18.2. The molecule has 1 aromatic carbocycles. The van der Waals surface area contributed by atoms with Crippen molar-refractivity contribution in [1.29, 1.82) is 0 Å². The Labute approximate surface area is 101 Å². The average Bonchev–Trinajstić information content (AvgIpc) is 2.25. The first kappa shape index (κ1) is 13.3. The van der Waals surface area contributed by atoms with Gasteiger partial charge in [-0.3, -0.25) is 4.79 Å². The van der Waals surface area contributed by atoms with Crippen LogP contribution in [0.25, 0.3) is 0 Å². The van der Waals surface area contributed by atoms with Gasteiger partial charge in [-0.15, -0.1) is 0 Å². The Hall–Kier alpha value is -1.77. The summed E-state index contributed by atoms with van der Waals surface area (Å²) in [5.41, 5.74) is 2.00. The molecule has 0 aliphatic rings. The minimum absolute atomic E-state index is 0.0185. The average molecular weight is 234 g/mol. The Morgan fingerprint density at radius 3 is 2.65 bits per heavy atom. The van der Waals surface area contributed by atoms with E-state index in [-0.39, 0.29) is 12.2 Å². The molecular weight excluding hydrogens is 216 g/mol. The number of rotatable bonds is 5. The normalized spacial score (nSPS) is 11.2. The molecule has 0 unspecified atom stereocenters. The van der Waals surface area contributed by atoms with Crippen molar-refractivity contribution in [2.45, 2.75) is 32.6 Å². The Morgan fingerprint density at radius 2 is 2.06 bits per heavy atom. The molecule has 0 radical (unpaired) electrons. The minimum Gasteiger partial charge on any atom is -0.508 e. The number of hydrogen-bond acceptors (Lipinski definition) is 2. The number of hydrogen-bond donors (Lipinski definition) is 2. The van der Waals surface area contributed by atoms with Crippen molar-refractivity contribution in [2.75, 3.05) is 0 Å². The third-order valence-electron chi connectivity index (χ3n) is 2.57. The Bertz CT molecular complexity index is 419. The van der Waals surface area contributed by atoms with Gasteiger partial charge in [-0.25, -0.2) is 0 Å². The molecule has 0 amide bonds. The van der Waals surface area contributed by atoms with E-state index in [1.54, 1.807) is 18.2 Å². The summed E-state index contributed by atoms with van der Waals surface area (Å²) < 4.78 is 0. The van der Waals surface area contributed by atoms with Crippen LogP contribution in [-0.2, 0) is 11.2 Å². The molecule has 0 atom stereocenters. The Kier molecular flexibility index (Phi) is 4.76. The number of carbonyl (C=O) groups is 1. The molecule has 0 aromatic heterocycles. The van der Waals surface area contributed by atoms with Gasteiger partial charge in [0.25, 0.3) is 0 Å². The minimum atomic E-state index is -0.846. The molecule has 0 saturated carbocycles. The summed E-state index contributed by atoms with van der Waals surface area (Å²) in [6.07, 6.45) is 3.95. The van der Waals surface area contributed by atoms with E-state index in [2.05, 4.69) is 13.8 Å². The number of carboxylic acid groups (broad SMARTS) is 1. The number of aromatic hydroxyl groups is 1. The van der Waals surface area contributed by atoms with Crippen LogP contribution in [0.15, 0.2) is 30.4 Å². The quantitative estimate of drug-likeness (QED) is 0.770. The van der Waals surface area contributed by atoms with Gasteiger partial charge in [0.05, 0.1) is 6.42 Å². The third kappa shape index (κ3) is 4.31. The van der Waals surface area contributed by atoms with E-state index in [9.17, 15) is 9.90 Å². The maximum atomic E-state index is 10.3. The topological polar surface area (TPSA) is 57.5 Å². The summed E-state index contributed by atoms with van der Waals surface area (Å²) >= 11 is 0. The summed E-state index contributed by atoms with van der Waals surface area (Å²) in [7, 11) is 0. The lowest BCUT2D eigenvalue weighted by Gasteiger charge is -2.08. The van der Waals surface area contributed by atoms with Crippen LogP contribution in [0.4, 0.5) is 0 Å². The molecule has 92 valence electrons. The molecule has 0 saturated heterocycles. The van der Waals surface area contributed by atoms with Crippen LogP contribution in [0.2, 0.25) is 0 Å². The van der Waals surface area contributed by atoms with Crippen molar-refractivity contribution in [2.24, 2.45) is 0 Å². The van der Waals surface area contributed by atoms with Gasteiger partial charge in [0.15, 0.2) is 0 Å². The van der Waals surface area contributed by atoms with Gasteiger partial charge in [0.1, 0.15) is 5.75 Å². The number of aliphatic carboxylic acids is 1. The van der Waals surface area contributed by atoms with Gasteiger partial charge in [0, 0.05) is 0 Å². The summed E-state index contributed by atoms with van der Waals surface area (Å²) in [6, 6.07) is 5.56. The van der Waals surface area contributed by atoms with Crippen molar-refractivity contribution in [3.63, 3.8) is 0 Å². The molecular formula is C14H18O3. The smallest absolute Gasteiger partial charge is 0.307 e. The highest BCUT2D eigenvalue weighted by atomic mass is 16.4. The van der Waals surface area contributed by atoms with E-state index in [1.165, 1.54) is 5.56 Å². The molecule has 1 aromatic rings. The van der Waals surface area contributed by atoms with E-state index in [0.717, 1.165) is 5.56 Å². The summed E-state index contributed by atoms with van der Waals surface area (Å²) in [6.45, 7) is 4.19. The zero-order valence-corrected chi connectivity index (χ0v) is 10.2. The van der Waals surface area contributed by atoms with Crippen LogP contribution in [0.5, 0.6) is 5.75 Å². The lowest BCUT2D eigenvalue weighted by Crippen LogP contribution is -1.92. The lowest BCUT2D eigenvalue weighted by molar-refractivity contribution is -0.136. The fourth-order valence-electron chi connectivity index (χ4n) is 1.52. The molecule has 0 bridgehead atoms. The number of phenolic OH excluding ortho intramolecular Hbond substituents is 1. The van der Waals surface area contributed by atoms with Crippen LogP contribution in [0, 0.1) is 0 Å². The molecule has 0 heterocycles. The van der Waals surface area contributed by atoms with Crippen molar-refractivity contribution >= 4 is 5.97 Å². The highest BCUT2D eigenvalue weighted by Crippen LogP contribution is 2.23. The van der Waals surface area contributed by atoms with Gasteiger partial charge in [0.2, 0.25) is 0 Å². The molecule has 1 rings (SSSR count). The third-order valence-corrected chi connectivity index (χ3v) is 2.57. The molecule has 2 N–H and O–H groups in total. The van der Waals surface area contributed by atoms with E-state index in [1.807, 2.05) is 12.1 Å². The highest BCUT2D eigenvalue weighted by molar-refractivity contribution is 5.68. The predicted octanol–water partition coefficient (Wildman–Crippen LogP) is 3.09. The first-order chi connectivity index (χ1) is 8.00. The number of carboxylic acids is 1. The van der Waals surface area contributed by atoms with Crippen LogP contribution >= 0.6 is 0 Å². The SMILES string of the molecule is CC(C)c1ccc(O)c(C/C=C/CC(=O)O)c1. The zero-order valence-electron chi connectivity index (χ0n) is 10.2. The predicted molar refractivity (Wildman–Crippen MR) is 67.3 cm³/mol. The zero-order chi connectivity index (χ0) is 12.8. The fraction of sp³-hybridized carbons (Fsp3) is 0.357. The second kappa shape index (κ2) is 6.09. The number of benzene rings is 1. The van der Waals surface area contributed by atoms with E-state index < -0.39 is 5.97 Å². The van der Waals surface area contributed by atoms with Gasteiger partial charge >= 0.3 is 5.97 Å². The van der Waals surface area contributed by atoms with Crippen LogP contribution < -0.4 is 0 Å². The maximum Gasteiger partial charge on any atom is 0.307 e. The van der Waals surface area contributed by atoms with E-state index >= 15 is 0 Å². The highest BCUT2D eigenvalue weighted by Gasteiger charge is 2.04. The molecule has 3 nitrogen and oxygen atoms in total. The Morgan fingerprint density at radius 1 is 1.35 bits per heavy atom. The van der Waals surface area contributed by atoms with Crippen molar-refractivity contribution in [3.05, 3.63) is 41.5 Å². The monoisotopic (exact) mass is 234 g/mol. The molecule has 17 heavy (non-hydrogen) atoms. The first-order valence-corrected chi connectivity index (χ1v) is 5.69. The molecule has 0 aliphatic heterocycles. The standard InChI is InChI=1S/C14H18O3/c1-10(2)11-7-8-13(15)12(9-11)5-3-4-6-14(16)17/h3-4,7-10,15H,5-6H2,1-2H3,(H,16,17)/b4-3+. The molecule has 3 heteroatoms. The molecule has 0 fully saturated rings. The van der Waals surface area contributed by atoms with Crippen LogP contribution in [0.3, 0.4) is 0 Å². The van der Waals surface area contributed by atoms with Gasteiger partial charge < -0.3 is 10.2 Å². The lowest BCUT2D eigenvalue weighted by atomic mass is 9.99. The number of phenols is 1. The van der Waals surface area contributed by atoms with Crippen molar-refractivity contribution in [1.82, 2.24) is 0 Å². The Balaban J connectivity index is 2.72. The maximum absolute atomic E-state index is 10.3.